The quantitative estimate of drug-likeness (QED) is 0.646. The maximum Gasteiger partial charge on any atom is 0.233 e. The van der Waals surface area contributed by atoms with Crippen molar-refractivity contribution in [3.63, 3.8) is 0 Å². The number of fused-ring (bicyclic) bond motifs is 4. The molecule has 4 aliphatic rings. The highest BCUT2D eigenvalue weighted by atomic mass is 16.6. The zero-order valence-electron chi connectivity index (χ0n) is 20.1. The van der Waals surface area contributed by atoms with Crippen LogP contribution in [0, 0.1) is 23.7 Å². The highest BCUT2D eigenvalue weighted by Gasteiger charge is 2.67. The first kappa shape index (κ1) is 23.0. The number of benzene rings is 2. The number of carbonyl (C=O) groups is 2. The van der Waals surface area contributed by atoms with Gasteiger partial charge in [0, 0.05) is 30.4 Å². The number of hydrogen-bond donors (Lipinski definition) is 2. The minimum absolute atomic E-state index is 0.0255. The zero-order chi connectivity index (χ0) is 24.3. The van der Waals surface area contributed by atoms with Crippen LogP contribution >= 0.6 is 0 Å². The molecule has 2 amide bonds. The van der Waals surface area contributed by atoms with E-state index < -0.39 is 35.6 Å². The van der Waals surface area contributed by atoms with Gasteiger partial charge in [0.25, 0.3) is 0 Å². The molecule has 7 nitrogen and oxygen atoms in total. The second-order valence-corrected chi connectivity index (χ2v) is 10.8. The molecule has 7 heteroatoms. The Balaban J connectivity index is 1.38. The minimum Gasteiger partial charge on any atom is -0.507 e. The first-order valence-electron chi connectivity index (χ1n) is 12.9. The summed E-state index contributed by atoms with van der Waals surface area (Å²) in [7, 11) is 1.58. The van der Waals surface area contributed by atoms with Crippen molar-refractivity contribution in [2.24, 2.45) is 23.7 Å². The summed E-state index contributed by atoms with van der Waals surface area (Å²) in [6, 6.07) is 11.0. The van der Waals surface area contributed by atoms with Gasteiger partial charge >= 0.3 is 0 Å². The summed E-state index contributed by atoms with van der Waals surface area (Å²) in [5.74, 6) is -3.49. The number of hydrogen-bond acceptors (Lipinski definition) is 6. The number of aliphatic hydroxyl groups is 1. The maximum absolute atomic E-state index is 13.8. The molecule has 2 N–H and O–H groups in total. The number of nitrogens with zero attached hydrogens (tertiary/aromatic N) is 1. The molecule has 2 aliphatic carbocycles. The minimum atomic E-state index is -1.56. The van der Waals surface area contributed by atoms with E-state index in [1.807, 2.05) is 30.3 Å². The third kappa shape index (κ3) is 3.43. The van der Waals surface area contributed by atoms with E-state index in [1.54, 1.807) is 18.1 Å². The summed E-state index contributed by atoms with van der Waals surface area (Å²) in [4.78, 5) is 28.9. The van der Waals surface area contributed by atoms with E-state index >= 15 is 0 Å². The van der Waals surface area contributed by atoms with Crippen LogP contribution in [-0.2, 0) is 19.1 Å². The fourth-order valence-corrected chi connectivity index (χ4v) is 7.38. The molecule has 4 fully saturated rings. The molecule has 0 spiro atoms. The van der Waals surface area contributed by atoms with Gasteiger partial charge in [-0.1, -0.05) is 49.6 Å². The normalized spacial score (nSPS) is 35.5. The van der Waals surface area contributed by atoms with Gasteiger partial charge in [0.2, 0.25) is 11.8 Å². The van der Waals surface area contributed by atoms with Crippen LogP contribution in [-0.4, -0.2) is 52.5 Å². The number of likely N-dealkylation sites (tertiary alicyclic amines) is 1. The van der Waals surface area contributed by atoms with Gasteiger partial charge in [-0.15, -0.1) is 0 Å². The van der Waals surface area contributed by atoms with Crippen LogP contribution in [0.3, 0.4) is 0 Å². The average Bonchev–Trinajstić information content (AvgIpc) is 3.34. The number of ether oxygens (including phenoxy) is 2. The number of aromatic hydroxyl groups is 1. The fourth-order valence-electron chi connectivity index (χ4n) is 7.38. The predicted molar refractivity (Wildman–Crippen MR) is 128 cm³/mol. The van der Waals surface area contributed by atoms with E-state index in [4.69, 9.17) is 9.47 Å². The van der Waals surface area contributed by atoms with Crippen molar-refractivity contribution in [2.75, 3.05) is 13.7 Å². The second-order valence-electron chi connectivity index (χ2n) is 10.8. The molecule has 0 aromatic heterocycles. The van der Waals surface area contributed by atoms with Crippen molar-refractivity contribution in [3.8, 4) is 5.75 Å². The molecule has 2 aliphatic heterocycles. The van der Waals surface area contributed by atoms with Crippen LogP contribution in [0.25, 0.3) is 10.8 Å². The molecule has 6 atom stereocenters. The van der Waals surface area contributed by atoms with Gasteiger partial charge < -0.3 is 19.7 Å². The Morgan fingerprint density at radius 2 is 1.77 bits per heavy atom. The van der Waals surface area contributed by atoms with Gasteiger partial charge in [0.05, 0.1) is 24.5 Å². The Hall–Kier alpha value is -2.48. The molecule has 0 bridgehead atoms. The molecular weight excluding hydrogens is 446 g/mol. The van der Waals surface area contributed by atoms with Crippen LogP contribution in [0.1, 0.15) is 56.6 Å². The van der Waals surface area contributed by atoms with Gasteiger partial charge in [-0.2, -0.15) is 0 Å². The SMILES string of the molecule is COC[C@H]1C[C@@H]2C(=O)N(C3CCCCC3)C(=O)[C@@H]2[C@@H]2C[C@@H](c3ccc(O)c4ccccc34)O[C@]12O. The average molecular weight is 480 g/mol. The van der Waals surface area contributed by atoms with E-state index in [1.165, 1.54) is 0 Å². The Bertz CT molecular complexity index is 1160. The Morgan fingerprint density at radius 3 is 2.51 bits per heavy atom. The van der Waals surface area contributed by atoms with E-state index in [-0.39, 0.29) is 30.2 Å². The Labute approximate surface area is 205 Å². The van der Waals surface area contributed by atoms with Gasteiger partial charge in [-0.25, -0.2) is 0 Å². The van der Waals surface area contributed by atoms with Crippen LogP contribution in [0.4, 0.5) is 0 Å². The van der Waals surface area contributed by atoms with E-state index in [0.717, 1.165) is 48.4 Å². The summed E-state index contributed by atoms with van der Waals surface area (Å²) in [5.41, 5.74) is 0.870. The van der Waals surface area contributed by atoms with Crippen LogP contribution in [0.5, 0.6) is 5.75 Å². The third-order valence-corrected chi connectivity index (χ3v) is 8.99. The number of rotatable bonds is 4. The lowest BCUT2D eigenvalue weighted by Gasteiger charge is -2.44. The first-order valence-corrected chi connectivity index (χ1v) is 12.9. The van der Waals surface area contributed by atoms with Crippen molar-refractivity contribution < 1.29 is 29.3 Å². The lowest BCUT2D eigenvalue weighted by Crippen LogP contribution is -2.54. The molecular formula is C28H33NO6. The monoisotopic (exact) mass is 479 g/mol. The number of phenols is 1. The number of imide groups is 1. The molecule has 2 heterocycles. The first-order chi connectivity index (χ1) is 16.9. The lowest BCUT2D eigenvalue weighted by atomic mass is 9.64. The van der Waals surface area contributed by atoms with Gasteiger partial charge in [0.1, 0.15) is 5.75 Å². The standard InChI is InChI=1S/C28H33NO6/c1-34-15-16-13-21-25(27(32)29(26(21)31)17-7-3-2-4-8-17)22-14-24(35-28(16,22)33)20-11-12-23(30)19-10-6-5-9-18(19)20/h5-6,9-12,16-17,21-22,24-25,30,33H,2-4,7-8,13-15H2,1H3/t16-,21+,22+,24+,25+,28-/m1/s1. The van der Waals surface area contributed by atoms with E-state index in [9.17, 15) is 19.8 Å². The number of phenolic OH excluding ortho intramolecular Hbond substituents is 1. The molecule has 0 unspecified atom stereocenters. The highest BCUT2D eigenvalue weighted by molar-refractivity contribution is 6.06. The molecule has 2 saturated heterocycles. The molecule has 0 radical (unpaired) electrons. The predicted octanol–water partition coefficient (Wildman–Crippen LogP) is 3.91. The van der Waals surface area contributed by atoms with Crippen LogP contribution < -0.4 is 0 Å². The second kappa shape index (κ2) is 8.57. The Morgan fingerprint density at radius 1 is 1.03 bits per heavy atom. The smallest absolute Gasteiger partial charge is 0.233 e. The number of amides is 2. The summed E-state index contributed by atoms with van der Waals surface area (Å²) in [6.45, 7) is 0.254. The van der Waals surface area contributed by atoms with E-state index in [2.05, 4.69) is 0 Å². The van der Waals surface area contributed by atoms with Crippen molar-refractivity contribution in [2.45, 2.75) is 62.9 Å². The van der Waals surface area contributed by atoms with Crippen molar-refractivity contribution in [1.29, 1.82) is 0 Å². The maximum atomic E-state index is 13.8. The lowest BCUT2D eigenvalue weighted by molar-refractivity contribution is -0.275. The molecule has 2 aromatic carbocycles. The largest absolute Gasteiger partial charge is 0.507 e. The van der Waals surface area contributed by atoms with Gasteiger partial charge in [-0.3, -0.25) is 14.5 Å². The molecule has 2 aromatic rings. The van der Waals surface area contributed by atoms with Crippen molar-refractivity contribution >= 4 is 22.6 Å². The summed E-state index contributed by atoms with van der Waals surface area (Å²) in [6.07, 6.45) is 5.31. The number of methoxy groups -OCH3 is 1. The highest BCUT2D eigenvalue weighted by Crippen LogP contribution is 2.59. The summed E-state index contributed by atoms with van der Waals surface area (Å²) < 4.78 is 11.9. The third-order valence-electron chi connectivity index (χ3n) is 8.99. The molecule has 186 valence electrons. The Kier molecular flexibility index (Phi) is 5.62. The number of carbonyl (C=O) groups excluding carboxylic acids is 2. The molecule has 6 rings (SSSR count). The van der Waals surface area contributed by atoms with Crippen molar-refractivity contribution in [3.05, 3.63) is 42.0 Å². The molecule has 35 heavy (non-hydrogen) atoms. The zero-order valence-corrected chi connectivity index (χ0v) is 20.1. The van der Waals surface area contributed by atoms with Crippen LogP contribution in [0.2, 0.25) is 0 Å². The summed E-state index contributed by atoms with van der Waals surface area (Å²) in [5, 5.41) is 23.9. The molecule has 2 saturated carbocycles. The van der Waals surface area contributed by atoms with Gasteiger partial charge in [-0.05, 0) is 42.7 Å². The van der Waals surface area contributed by atoms with Crippen LogP contribution in [0.15, 0.2) is 36.4 Å². The van der Waals surface area contributed by atoms with Crippen molar-refractivity contribution in [1.82, 2.24) is 4.90 Å². The van der Waals surface area contributed by atoms with Gasteiger partial charge in [0.15, 0.2) is 5.79 Å². The fraction of sp³-hybridized carbons (Fsp3) is 0.571. The summed E-state index contributed by atoms with van der Waals surface area (Å²) >= 11 is 0. The van der Waals surface area contributed by atoms with E-state index in [0.29, 0.717) is 12.8 Å². The topological polar surface area (TPSA) is 96.3 Å².